The van der Waals surface area contributed by atoms with Crippen molar-refractivity contribution in [2.45, 2.75) is 32.3 Å². The molecule has 1 heterocycles. The van der Waals surface area contributed by atoms with Crippen LogP contribution in [0.5, 0.6) is 5.75 Å². The Bertz CT molecular complexity index is 448. The number of aliphatic hydroxyl groups excluding tert-OH is 1. The molecule has 0 amide bonds. The first-order valence-electron chi connectivity index (χ1n) is 7.32. The van der Waals surface area contributed by atoms with Gasteiger partial charge in [0.2, 0.25) is 0 Å². The monoisotopic (exact) mass is 278 g/mol. The van der Waals surface area contributed by atoms with Crippen LogP contribution in [-0.4, -0.2) is 47.8 Å². The van der Waals surface area contributed by atoms with E-state index in [9.17, 15) is 10.2 Å². The van der Waals surface area contributed by atoms with Crippen LogP contribution < -0.4 is 5.32 Å². The van der Waals surface area contributed by atoms with Gasteiger partial charge in [-0.15, -0.1) is 0 Å². The summed E-state index contributed by atoms with van der Waals surface area (Å²) < 4.78 is 0. The number of benzene rings is 1. The van der Waals surface area contributed by atoms with Gasteiger partial charge in [-0.3, -0.25) is 4.90 Å². The van der Waals surface area contributed by atoms with E-state index < -0.39 is 6.10 Å². The number of nitrogens with one attached hydrogen (secondary N) is 1. The molecule has 112 valence electrons. The maximum atomic E-state index is 10.4. The molecule has 0 spiro atoms. The van der Waals surface area contributed by atoms with Crippen LogP contribution >= 0.6 is 0 Å². The smallest absolute Gasteiger partial charge is 0.121 e. The summed E-state index contributed by atoms with van der Waals surface area (Å²) in [5, 5.41) is 23.7. The highest BCUT2D eigenvalue weighted by molar-refractivity contribution is 5.40. The van der Waals surface area contributed by atoms with E-state index in [1.54, 1.807) is 6.07 Å². The summed E-state index contributed by atoms with van der Waals surface area (Å²) in [6.45, 7) is 10.8. The Morgan fingerprint density at radius 3 is 2.50 bits per heavy atom. The molecule has 0 saturated carbocycles. The van der Waals surface area contributed by atoms with Crippen LogP contribution in [0.1, 0.15) is 38.0 Å². The Balaban J connectivity index is 2.13. The fourth-order valence-corrected chi connectivity index (χ4v) is 2.52. The van der Waals surface area contributed by atoms with Crippen molar-refractivity contribution in [1.82, 2.24) is 10.2 Å². The van der Waals surface area contributed by atoms with Gasteiger partial charge in [0.05, 0.1) is 6.10 Å². The zero-order chi connectivity index (χ0) is 14.8. The van der Waals surface area contributed by atoms with E-state index in [4.69, 9.17) is 0 Å². The van der Waals surface area contributed by atoms with Crippen molar-refractivity contribution in [3.05, 3.63) is 29.3 Å². The molecule has 1 fully saturated rings. The first-order chi connectivity index (χ1) is 9.38. The summed E-state index contributed by atoms with van der Waals surface area (Å²) in [5.74, 6) is 0.181. The third-order valence-electron chi connectivity index (χ3n) is 3.89. The van der Waals surface area contributed by atoms with Crippen molar-refractivity contribution in [1.29, 1.82) is 0 Å². The molecular formula is C16H26N2O2. The fraction of sp³-hybridized carbons (Fsp3) is 0.625. The zero-order valence-electron chi connectivity index (χ0n) is 12.7. The Labute approximate surface area is 121 Å². The molecule has 0 aliphatic carbocycles. The highest BCUT2D eigenvalue weighted by Crippen LogP contribution is 2.31. The van der Waals surface area contributed by atoms with Gasteiger partial charge < -0.3 is 15.5 Å². The van der Waals surface area contributed by atoms with Gasteiger partial charge in [0.15, 0.2) is 0 Å². The van der Waals surface area contributed by atoms with Crippen LogP contribution in [0.4, 0.5) is 0 Å². The van der Waals surface area contributed by atoms with Gasteiger partial charge >= 0.3 is 0 Å². The van der Waals surface area contributed by atoms with Crippen molar-refractivity contribution >= 4 is 0 Å². The number of hydrogen-bond acceptors (Lipinski definition) is 4. The predicted octanol–water partition coefficient (Wildman–Crippen LogP) is 1.63. The van der Waals surface area contributed by atoms with E-state index in [0.717, 1.165) is 31.7 Å². The minimum absolute atomic E-state index is 0.0111. The average Bonchev–Trinajstić information content (AvgIpc) is 2.39. The van der Waals surface area contributed by atoms with Gasteiger partial charge in [-0.1, -0.05) is 26.8 Å². The quantitative estimate of drug-likeness (QED) is 0.786. The van der Waals surface area contributed by atoms with Crippen molar-refractivity contribution in [2.24, 2.45) is 0 Å². The number of rotatable bonds is 3. The molecule has 1 unspecified atom stereocenters. The maximum Gasteiger partial charge on any atom is 0.121 e. The van der Waals surface area contributed by atoms with E-state index in [2.05, 4.69) is 31.0 Å². The minimum Gasteiger partial charge on any atom is -0.508 e. The molecule has 1 aromatic rings. The Hall–Kier alpha value is -1.10. The molecule has 0 aromatic heterocycles. The lowest BCUT2D eigenvalue weighted by Crippen LogP contribution is -2.45. The molecule has 0 radical (unpaired) electrons. The van der Waals surface area contributed by atoms with E-state index in [1.807, 2.05) is 12.1 Å². The van der Waals surface area contributed by atoms with Gasteiger partial charge in [-0.05, 0) is 23.1 Å². The summed E-state index contributed by atoms with van der Waals surface area (Å²) in [4.78, 5) is 2.23. The number of piperazine rings is 1. The third kappa shape index (κ3) is 3.72. The number of aromatic hydroxyl groups is 1. The number of phenols is 1. The second-order valence-corrected chi connectivity index (χ2v) is 6.59. The van der Waals surface area contributed by atoms with E-state index in [1.165, 1.54) is 0 Å². The van der Waals surface area contributed by atoms with Gasteiger partial charge in [-0.25, -0.2) is 0 Å². The van der Waals surface area contributed by atoms with Gasteiger partial charge in [0, 0.05) is 38.3 Å². The topological polar surface area (TPSA) is 55.7 Å². The normalized spacial score (nSPS) is 19.0. The lowest BCUT2D eigenvalue weighted by atomic mass is 9.85. The summed E-state index contributed by atoms with van der Waals surface area (Å²) in [7, 11) is 0. The molecule has 1 aromatic carbocycles. The van der Waals surface area contributed by atoms with E-state index >= 15 is 0 Å². The Morgan fingerprint density at radius 1 is 1.25 bits per heavy atom. The number of β-amino-alcohol motifs (C(OH)–C–C–N with tert-alkyl or cyclic N) is 1. The molecule has 4 nitrogen and oxygen atoms in total. The molecule has 0 bridgehead atoms. The minimum atomic E-state index is -0.643. The molecule has 3 N–H and O–H groups in total. The van der Waals surface area contributed by atoms with Crippen LogP contribution in [0.2, 0.25) is 0 Å². The molecule has 20 heavy (non-hydrogen) atoms. The third-order valence-corrected chi connectivity index (χ3v) is 3.89. The van der Waals surface area contributed by atoms with Gasteiger partial charge in [0.25, 0.3) is 0 Å². The lowest BCUT2D eigenvalue weighted by molar-refractivity contribution is 0.103. The van der Waals surface area contributed by atoms with Crippen molar-refractivity contribution in [3.8, 4) is 5.75 Å². The predicted molar refractivity (Wildman–Crippen MR) is 81.1 cm³/mol. The first-order valence-corrected chi connectivity index (χ1v) is 7.32. The Morgan fingerprint density at radius 2 is 1.90 bits per heavy atom. The second-order valence-electron chi connectivity index (χ2n) is 6.59. The number of phenolic OH excluding ortho intramolecular Hbond substituents is 1. The first kappa shape index (κ1) is 15.3. The van der Waals surface area contributed by atoms with Crippen molar-refractivity contribution in [2.75, 3.05) is 32.7 Å². The molecule has 2 rings (SSSR count). The number of nitrogens with zero attached hydrogens (tertiary/aromatic N) is 1. The molecule has 1 atom stereocenters. The molecule has 1 aliphatic heterocycles. The highest BCUT2D eigenvalue weighted by atomic mass is 16.3. The van der Waals surface area contributed by atoms with Crippen LogP contribution in [0, 0.1) is 0 Å². The summed E-state index contributed by atoms with van der Waals surface area (Å²) in [6, 6.07) is 5.55. The second kappa shape index (κ2) is 6.12. The van der Waals surface area contributed by atoms with Crippen LogP contribution in [0.15, 0.2) is 18.2 Å². The standard InChI is InChI=1S/C16H26N2O2/c1-16(2,3)12-4-5-14(19)13(10-12)15(20)11-18-8-6-17-7-9-18/h4-5,10,15,17,19-20H,6-9,11H2,1-3H3. The average molecular weight is 278 g/mol. The summed E-state index contributed by atoms with van der Waals surface area (Å²) in [5.41, 5.74) is 1.78. The van der Waals surface area contributed by atoms with Gasteiger partial charge in [0.1, 0.15) is 5.75 Å². The summed E-state index contributed by atoms with van der Waals surface area (Å²) >= 11 is 0. The van der Waals surface area contributed by atoms with Crippen LogP contribution in [0.25, 0.3) is 0 Å². The molecule has 1 saturated heterocycles. The van der Waals surface area contributed by atoms with Crippen molar-refractivity contribution < 1.29 is 10.2 Å². The number of aliphatic hydroxyl groups is 1. The maximum absolute atomic E-state index is 10.4. The van der Waals surface area contributed by atoms with Crippen LogP contribution in [0.3, 0.4) is 0 Å². The Kier molecular flexibility index (Phi) is 4.68. The largest absolute Gasteiger partial charge is 0.508 e. The fourth-order valence-electron chi connectivity index (χ4n) is 2.52. The van der Waals surface area contributed by atoms with E-state index in [-0.39, 0.29) is 11.2 Å². The van der Waals surface area contributed by atoms with Crippen LogP contribution in [-0.2, 0) is 5.41 Å². The summed E-state index contributed by atoms with van der Waals surface area (Å²) in [6.07, 6.45) is -0.643. The SMILES string of the molecule is CC(C)(C)c1ccc(O)c(C(O)CN2CCNCC2)c1. The van der Waals surface area contributed by atoms with E-state index in [0.29, 0.717) is 12.1 Å². The highest BCUT2D eigenvalue weighted by Gasteiger charge is 2.21. The van der Waals surface area contributed by atoms with Crippen molar-refractivity contribution in [3.63, 3.8) is 0 Å². The molecule has 4 heteroatoms. The molecule has 1 aliphatic rings. The van der Waals surface area contributed by atoms with Gasteiger partial charge in [-0.2, -0.15) is 0 Å². The molecular weight excluding hydrogens is 252 g/mol. The zero-order valence-corrected chi connectivity index (χ0v) is 12.7. The number of hydrogen-bond donors (Lipinski definition) is 3. The lowest BCUT2D eigenvalue weighted by Gasteiger charge is -2.30.